The Morgan fingerprint density at radius 2 is 2.03 bits per heavy atom. The first-order valence-corrected chi connectivity index (χ1v) is 12.7. The average Bonchev–Trinajstić information content (AvgIpc) is 3.45. The van der Waals surface area contributed by atoms with Gasteiger partial charge in [-0.15, -0.1) is 11.3 Å². The largest absolute Gasteiger partial charge is 0.476 e. The SMILES string of the molecule is O=C(O)c1csc([C@H]2CC[C@@H]3[C@@H](/C=C/C(O)CCc4ccc5ccccc5c4)[C@H](O)C[C@@H]3O2)n1. The molecule has 1 aliphatic carbocycles. The number of nitrogens with zero attached hydrogens (tertiary/aromatic N) is 1. The molecule has 7 heteroatoms. The first-order valence-electron chi connectivity index (χ1n) is 11.8. The summed E-state index contributed by atoms with van der Waals surface area (Å²) in [6.45, 7) is 0. The highest BCUT2D eigenvalue weighted by Crippen LogP contribution is 2.46. The quantitative estimate of drug-likeness (QED) is 0.423. The van der Waals surface area contributed by atoms with E-state index in [1.54, 1.807) is 5.38 Å². The fraction of sp³-hybridized carbons (Fsp3) is 0.407. The molecule has 2 fully saturated rings. The third-order valence-electron chi connectivity index (χ3n) is 7.11. The molecule has 1 saturated carbocycles. The number of benzene rings is 2. The predicted octanol–water partition coefficient (Wildman–Crippen LogP) is 4.76. The number of fused-ring (bicyclic) bond motifs is 2. The highest BCUT2D eigenvalue weighted by atomic mass is 32.1. The van der Waals surface area contributed by atoms with Crippen molar-refractivity contribution in [1.82, 2.24) is 4.98 Å². The van der Waals surface area contributed by atoms with Crippen LogP contribution in [0.25, 0.3) is 10.8 Å². The zero-order valence-corrected chi connectivity index (χ0v) is 19.6. The van der Waals surface area contributed by atoms with Crippen molar-refractivity contribution in [2.75, 3.05) is 0 Å². The van der Waals surface area contributed by atoms with Crippen molar-refractivity contribution in [1.29, 1.82) is 0 Å². The summed E-state index contributed by atoms with van der Waals surface area (Å²) in [4.78, 5) is 15.3. The van der Waals surface area contributed by atoms with Crippen molar-refractivity contribution in [3.63, 3.8) is 0 Å². The molecule has 3 N–H and O–H groups in total. The maximum atomic E-state index is 11.1. The summed E-state index contributed by atoms with van der Waals surface area (Å²) >= 11 is 1.31. The van der Waals surface area contributed by atoms with Crippen molar-refractivity contribution >= 4 is 28.1 Å². The smallest absolute Gasteiger partial charge is 0.355 e. The van der Waals surface area contributed by atoms with Crippen LogP contribution in [0.1, 0.15) is 52.8 Å². The summed E-state index contributed by atoms with van der Waals surface area (Å²) < 4.78 is 6.24. The van der Waals surface area contributed by atoms with Gasteiger partial charge in [0.1, 0.15) is 11.1 Å². The van der Waals surface area contributed by atoms with Crippen LogP contribution in [0.2, 0.25) is 0 Å². The number of hydrogen-bond acceptors (Lipinski definition) is 6. The van der Waals surface area contributed by atoms with E-state index in [1.807, 2.05) is 24.3 Å². The molecule has 2 aliphatic rings. The fourth-order valence-corrected chi connectivity index (χ4v) is 6.17. The topological polar surface area (TPSA) is 99.9 Å². The van der Waals surface area contributed by atoms with Crippen molar-refractivity contribution in [2.24, 2.45) is 11.8 Å². The van der Waals surface area contributed by atoms with Crippen LogP contribution in [0, 0.1) is 11.8 Å². The Labute approximate surface area is 202 Å². The lowest BCUT2D eigenvalue weighted by Crippen LogP contribution is -2.30. The average molecular weight is 480 g/mol. The second kappa shape index (κ2) is 9.96. The monoisotopic (exact) mass is 479 g/mol. The van der Waals surface area contributed by atoms with Crippen molar-refractivity contribution in [3.05, 3.63) is 76.3 Å². The van der Waals surface area contributed by atoms with Crippen LogP contribution in [-0.2, 0) is 11.2 Å². The standard InChI is InChI=1S/C27H29NO5S/c29-19(8-6-16-5-7-17-3-1-2-4-18(17)13-16)9-10-20-21-11-12-24(33-25(21)14-23(20)30)26-28-22(15-34-26)27(31)32/h1-5,7,9-10,13,15,19-21,23-25,29-30H,6,8,11-12,14H2,(H,31,32)/b10-9+/t19?,20-,21-,23-,24-,25+/m1/s1. The maximum Gasteiger partial charge on any atom is 0.355 e. The molecule has 34 heavy (non-hydrogen) atoms. The number of rotatable bonds is 7. The normalized spacial score (nSPS) is 27.8. The van der Waals surface area contributed by atoms with E-state index in [1.165, 1.54) is 27.7 Å². The molecule has 0 radical (unpaired) electrons. The zero-order valence-electron chi connectivity index (χ0n) is 18.8. The third kappa shape index (κ3) is 4.93. The lowest BCUT2D eigenvalue weighted by atomic mass is 9.86. The molecule has 1 unspecified atom stereocenters. The number of aryl methyl sites for hydroxylation is 1. The molecule has 3 aromatic rings. The molecule has 1 aliphatic heterocycles. The van der Waals surface area contributed by atoms with Crippen molar-refractivity contribution < 1.29 is 24.9 Å². The van der Waals surface area contributed by atoms with E-state index in [0.29, 0.717) is 17.8 Å². The first kappa shape index (κ1) is 23.2. The number of ether oxygens (including phenoxy) is 1. The number of thiazole rings is 1. The van der Waals surface area contributed by atoms with Crippen LogP contribution in [-0.4, -0.2) is 44.6 Å². The van der Waals surface area contributed by atoms with Gasteiger partial charge in [0, 0.05) is 17.7 Å². The van der Waals surface area contributed by atoms with E-state index in [-0.39, 0.29) is 29.7 Å². The fourth-order valence-electron chi connectivity index (χ4n) is 5.31. The van der Waals surface area contributed by atoms with Gasteiger partial charge in [-0.3, -0.25) is 0 Å². The summed E-state index contributed by atoms with van der Waals surface area (Å²) in [5.74, 6) is -0.891. The van der Waals surface area contributed by atoms with Crippen molar-refractivity contribution in [2.45, 2.75) is 56.5 Å². The molecule has 2 aromatic carbocycles. The summed E-state index contributed by atoms with van der Waals surface area (Å²) in [6.07, 6.45) is 5.97. The molecule has 5 rings (SSSR count). The Morgan fingerprint density at radius 1 is 1.21 bits per heavy atom. The van der Waals surface area contributed by atoms with Gasteiger partial charge in [-0.05, 0) is 47.9 Å². The summed E-state index contributed by atoms with van der Waals surface area (Å²) in [7, 11) is 0. The lowest BCUT2D eigenvalue weighted by Gasteiger charge is -2.33. The molecular formula is C27H29NO5S. The molecule has 0 amide bonds. The van der Waals surface area contributed by atoms with E-state index < -0.39 is 18.2 Å². The van der Waals surface area contributed by atoms with E-state index in [2.05, 4.69) is 35.3 Å². The van der Waals surface area contributed by atoms with Crippen molar-refractivity contribution in [3.8, 4) is 0 Å². The second-order valence-corrected chi connectivity index (χ2v) is 10.2. The number of aliphatic hydroxyl groups is 2. The number of carboxylic acids is 1. The highest BCUT2D eigenvalue weighted by Gasteiger charge is 2.45. The third-order valence-corrected chi connectivity index (χ3v) is 8.04. The van der Waals surface area contributed by atoms with Gasteiger partial charge in [-0.25, -0.2) is 9.78 Å². The van der Waals surface area contributed by atoms with Gasteiger partial charge >= 0.3 is 5.97 Å². The number of aromatic nitrogens is 1. The Hall–Kier alpha value is -2.58. The summed E-state index contributed by atoms with van der Waals surface area (Å²) in [5, 5.41) is 35.0. The van der Waals surface area contributed by atoms with Crippen LogP contribution in [0.4, 0.5) is 0 Å². The van der Waals surface area contributed by atoms with Gasteiger partial charge < -0.3 is 20.1 Å². The lowest BCUT2D eigenvalue weighted by molar-refractivity contribution is -0.0767. The van der Waals surface area contributed by atoms with Crippen LogP contribution in [0.5, 0.6) is 0 Å². The Kier molecular flexibility index (Phi) is 6.79. The van der Waals surface area contributed by atoms with Crippen LogP contribution < -0.4 is 0 Å². The van der Waals surface area contributed by atoms with Crippen LogP contribution in [0.15, 0.2) is 60.0 Å². The molecule has 6 atom stereocenters. The Bertz CT molecular complexity index is 1190. The zero-order chi connectivity index (χ0) is 23.7. The molecule has 0 bridgehead atoms. The number of carboxylic acid groups (broad SMARTS) is 1. The Balaban J connectivity index is 1.16. The first-order chi connectivity index (χ1) is 16.5. The van der Waals surface area contributed by atoms with Gasteiger partial charge in [-0.1, -0.05) is 54.6 Å². The number of hydrogen-bond donors (Lipinski definition) is 3. The minimum Gasteiger partial charge on any atom is -0.476 e. The van der Waals surface area contributed by atoms with E-state index in [4.69, 9.17) is 9.84 Å². The minimum atomic E-state index is -1.03. The molecule has 178 valence electrons. The van der Waals surface area contributed by atoms with Gasteiger partial charge in [0.2, 0.25) is 0 Å². The molecule has 1 saturated heterocycles. The second-order valence-electron chi connectivity index (χ2n) is 9.33. The van der Waals surface area contributed by atoms with Crippen LogP contribution >= 0.6 is 11.3 Å². The maximum absolute atomic E-state index is 11.1. The summed E-state index contributed by atoms with van der Waals surface area (Å²) in [6, 6.07) is 14.7. The number of carbonyl (C=O) groups is 1. The van der Waals surface area contributed by atoms with Gasteiger partial charge in [0.05, 0.1) is 18.3 Å². The molecule has 0 spiro atoms. The molecule has 2 heterocycles. The summed E-state index contributed by atoms with van der Waals surface area (Å²) in [5.41, 5.74) is 1.25. The molecular weight excluding hydrogens is 450 g/mol. The van der Waals surface area contributed by atoms with E-state index in [9.17, 15) is 15.0 Å². The highest BCUT2D eigenvalue weighted by molar-refractivity contribution is 7.09. The number of aliphatic hydroxyl groups excluding tert-OH is 2. The van der Waals surface area contributed by atoms with E-state index >= 15 is 0 Å². The van der Waals surface area contributed by atoms with Gasteiger partial charge in [0.25, 0.3) is 0 Å². The van der Waals surface area contributed by atoms with Gasteiger partial charge in [-0.2, -0.15) is 0 Å². The number of aromatic carboxylic acids is 1. The van der Waals surface area contributed by atoms with E-state index in [0.717, 1.165) is 19.3 Å². The molecule has 6 nitrogen and oxygen atoms in total. The minimum absolute atomic E-state index is 0.0489. The van der Waals surface area contributed by atoms with Gasteiger partial charge in [0.15, 0.2) is 5.69 Å². The van der Waals surface area contributed by atoms with Crippen LogP contribution in [0.3, 0.4) is 0 Å². The predicted molar refractivity (Wildman–Crippen MR) is 131 cm³/mol. The molecule has 1 aromatic heterocycles. The Morgan fingerprint density at radius 3 is 2.82 bits per heavy atom.